The van der Waals surface area contributed by atoms with Crippen molar-refractivity contribution >= 4 is 0 Å². The number of hydrogen-bond donors (Lipinski definition) is 1. The van der Waals surface area contributed by atoms with Crippen LogP contribution in [0.3, 0.4) is 0 Å². The van der Waals surface area contributed by atoms with E-state index in [1.165, 1.54) is 0 Å². The second-order valence-electron chi connectivity index (χ2n) is 3.05. The average molecular weight is 158 g/mol. The Morgan fingerprint density at radius 3 is 2.55 bits per heavy atom. The van der Waals surface area contributed by atoms with Gasteiger partial charge in [0.1, 0.15) is 6.23 Å². The topological polar surface area (TPSA) is 26.7 Å². The molecule has 0 aromatic heterocycles. The largest absolute Gasteiger partial charge is 0.378 e. The van der Waals surface area contributed by atoms with Crippen LogP contribution in [0.5, 0.6) is 0 Å². The van der Waals surface area contributed by atoms with Crippen LogP contribution in [0.4, 0.5) is 0 Å². The zero-order valence-corrected chi connectivity index (χ0v) is 7.45. The Kier molecular flexibility index (Phi) is 3.30. The van der Waals surface area contributed by atoms with Crippen LogP contribution in [0.15, 0.2) is 0 Å². The van der Waals surface area contributed by atoms with Gasteiger partial charge in [0.15, 0.2) is 0 Å². The summed E-state index contributed by atoms with van der Waals surface area (Å²) in [4.78, 5) is 4.45. The van der Waals surface area contributed by atoms with E-state index in [-0.39, 0.29) is 6.23 Å². The molecule has 1 saturated heterocycles. The van der Waals surface area contributed by atoms with Crippen molar-refractivity contribution in [3.63, 3.8) is 0 Å². The van der Waals surface area contributed by atoms with Crippen molar-refractivity contribution in [3.8, 4) is 0 Å². The fourth-order valence-electron chi connectivity index (χ4n) is 1.43. The third-order valence-electron chi connectivity index (χ3n) is 2.32. The predicted molar refractivity (Wildman–Crippen MR) is 45.1 cm³/mol. The van der Waals surface area contributed by atoms with Gasteiger partial charge in [-0.05, 0) is 13.0 Å². The molecule has 0 aromatic carbocycles. The van der Waals surface area contributed by atoms with Crippen molar-refractivity contribution in [1.82, 2.24) is 9.80 Å². The molecule has 1 fully saturated rings. The lowest BCUT2D eigenvalue weighted by Gasteiger charge is -2.21. The Hall–Kier alpha value is -0.120. The lowest BCUT2D eigenvalue weighted by Crippen LogP contribution is -2.34. The van der Waals surface area contributed by atoms with Gasteiger partial charge in [0.2, 0.25) is 0 Å². The Morgan fingerprint density at radius 1 is 1.36 bits per heavy atom. The summed E-state index contributed by atoms with van der Waals surface area (Å²) in [6, 6.07) is 0. The summed E-state index contributed by atoms with van der Waals surface area (Å²) in [7, 11) is 0. The fourth-order valence-corrected chi connectivity index (χ4v) is 1.43. The molecule has 0 aromatic rings. The molecule has 1 atom stereocenters. The van der Waals surface area contributed by atoms with Gasteiger partial charge < -0.3 is 5.11 Å². The molecule has 0 bridgehead atoms. The Labute approximate surface area is 68.6 Å². The molecule has 11 heavy (non-hydrogen) atoms. The molecule has 1 rings (SSSR count). The lowest BCUT2D eigenvalue weighted by molar-refractivity contribution is 0.00757. The van der Waals surface area contributed by atoms with Crippen LogP contribution in [0, 0.1) is 0 Å². The molecule has 0 amide bonds. The maximum absolute atomic E-state index is 9.47. The van der Waals surface area contributed by atoms with Gasteiger partial charge in [0.25, 0.3) is 0 Å². The molecule has 1 aliphatic rings. The maximum Gasteiger partial charge on any atom is 0.108 e. The van der Waals surface area contributed by atoms with Crippen LogP contribution in [-0.2, 0) is 0 Å². The molecule has 3 heteroatoms. The SMILES string of the molecule is CCC(O)N1CCN(CC)C1. The van der Waals surface area contributed by atoms with Crippen LogP contribution < -0.4 is 0 Å². The number of rotatable bonds is 3. The zero-order chi connectivity index (χ0) is 8.27. The predicted octanol–water partition coefficient (Wildman–Crippen LogP) is 0.310. The maximum atomic E-state index is 9.47. The quantitative estimate of drug-likeness (QED) is 0.640. The fraction of sp³-hybridized carbons (Fsp3) is 1.00. The van der Waals surface area contributed by atoms with Crippen LogP contribution in [-0.4, -0.2) is 47.4 Å². The van der Waals surface area contributed by atoms with Crippen LogP contribution in [0.25, 0.3) is 0 Å². The van der Waals surface area contributed by atoms with Gasteiger partial charge in [-0.3, -0.25) is 9.80 Å². The smallest absolute Gasteiger partial charge is 0.108 e. The second-order valence-corrected chi connectivity index (χ2v) is 3.05. The molecular formula is C8H18N2O. The molecule has 0 aliphatic carbocycles. The van der Waals surface area contributed by atoms with E-state index in [1.54, 1.807) is 0 Å². The summed E-state index contributed by atoms with van der Waals surface area (Å²) >= 11 is 0. The first-order valence-electron chi connectivity index (χ1n) is 4.42. The third kappa shape index (κ3) is 2.15. The Morgan fingerprint density at radius 2 is 2.09 bits per heavy atom. The molecule has 66 valence electrons. The van der Waals surface area contributed by atoms with Gasteiger partial charge in [-0.25, -0.2) is 0 Å². The Bertz CT molecular complexity index is 119. The van der Waals surface area contributed by atoms with Crippen molar-refractivity contribution in [2.75, 3.05) is 26.3 Å². The summed E-state index contributed by atoms with van der Waals surface area (Å²) < 4.78 is 0. The van der Waals surface area contributed by atoms with Gasteiger partial charge in [0, 0.05) is 13.1 Å². The summed E-state index contributed by atoms with van der Waals surface area (Å²) in [5.41, 5.74) is 0. The van der Waals surface area contributed by atoms with Gasteiger partial charge in [-0.2, -0.15) is 0 Å². The highest BCUT2D eigenvalue weighted by molar-refractivity contribution is 4.71. The summed E-state index contributed by atoms with van der Waals surface area (Å²) in [6.07, 6.45) is 0.601. The molecule has 1 N–H and O–H groups in total. The van der Waals surface area contributed by atoms with Crippen molar-refractivity contribution in [2.45, 2.75) is 26.5 Å². The van der Waals surface area contributed by atoms with E-state index in [1.807, 2.05) is 6.92 Å². The first kappa shape index (κ1) is 8.97. The number of aliphatic hydroxyl groups excluding tert-OH is 1. The Balaban J connectivity index is 2.29. The van der Waals surface area contributed by atoms with E-state index < -0.39 is 0 Å². The van der Waals surface area contributed by atoms with Crippen LogP contribution in [0.1, 0.15) is 20.3 Å². The van der Waals surface area contributed by atoms with Crippen molar-refractivity contribution in [1.29, 1.82) is 0 Å². The van der Waals surface area contributed by atoms with Gasteiger partial charge in [-0.15, -0.1) is 0 Å². The van der Waals surface area contributed by atoms with E-state index in [4.69, 9.17) is 0 Å². The normalized spacial score (nSPS) is 24.3. The van der Waals surface area contributed by atoms with E-state index in [2.05, 4.69) is 16.7 Å². The molecule has 1 heterocycles. The molecule has 1 aliphatic heterocycles. The third-order valence-corrected chi connectivity index (χ3v) is 2.32. The molecule has 1 unspecified atom stereocenters. The monoisotopic (exact) mass is 158 g/mol. The summed E-state index contributed by atoms with van der Waals surface area (Å²) in [5.74, 6) is 0. The number of aliphatic hydroxyl groups is 1. The molecule has 0 saturated carbocycles. The zero-order valence-electron chi connectivity index (χ0n) is 7.45. The minimum absolute atomic E-state index is 0.230. The first-order valence-corrected chi connectivity index (χ1v) is 4.42. The number of hydrogen-bond acceptors (Lipinski definition) is 3. The summed E-state index contributed by atoms with van der Waals surface area (Å²) in [5, 5.41) is 9.47. The standard InChI is InChI=1S/C8H18N2O/c1-3-8(11)10-6-5-9(4-2)7-10/h8,11H,3-7H2,1-2H3. The first-order chi connectivity index (χ1) is 5.27. The van der Waals surface area contributed by atoms with Gasteiger partial charge in [0.05, 0.1) is 6.67 Å². The molecule has 0 spiro atoms. The molecule has 3 nitrogen and oxygen atoms in total. The molecular weight excluding hydrogens is 140 g/mol. The van der Waals surface area contributed by atoms with E-state index >= 15 is 0 Å². The van der Waals surface area contributed by atoms with Gasteiger partial charge >= 0.3 is 0 Å². The van der Waals surface area contributed by atoms with Crippen LogP contribution in [0.2, 0.25) is 0 Å². The minimum atomic E-state index is -0.230. The number of likely N-dealkylation sites (N-methyl/N-ethyl adjacent to an activating group) is 1. The minimum Gasteiger partial charge on any atom is -0.378 e. The summed E-state index contributed by atoms with van der Waals surface area (Å²) in [6.45, 7) is 8.32. The van der Waals surface area contributed by atoms with E-state index in [0.29, 0.717) is 0 Å². The molecule has 0 radical (unpaired) electrons. The van der Waals surface area contributed by atoms with E-state index in [9.17, 15) is 5.11 Å². The highest BCUT2D eigenvalue weighted by Crippen LogP contribution is 2.08. The van der Waals surface area contributed by atoms with Crippen molar-refractivity contribution in [3.05, 3.63) is 0 Å². The van der Waals surface area contributed by atoms with Gasteiger partial charge in [-0.1, -0.05) is 13.8 Å². The average Bonchev–Trinajstić information content (AvgIpc) is 2.50. The van der Waals surface area contributed by atoms with Crippen LogP contribution >= 0.6 is 0 Å². The van der Waals surface area contributed by atoms with Crippen molar-refractivity contribution in [2.24, 2.45) is 0 Å². The highest BCUT2D eigenvalue weighted by atomic mass is 16.3. The number of nitrogens with zero attached hydrogens (tertiary/aromatic N) is 2. The second kappa shape index (κ2) is 4.04. The van der Waals surface area contributed by atoms with E-state index in [0.717, 1.165) is 32.7 Å². The lowest BCUT2D eigenvalue weighted by atomic mass is 10.4. The highest BCUT2D eigenvalue weighted by Gasteiger charge is 2.22. The van der Waals surface area contributed by atoms with Crippen molar-refractivity contribution < 1.29 is 5.11 Å².